The summed E-state index contributed by atoms with van der Waals surface area (Å²) in [5.74, 6) is 0.260. The third-order valence-corrected chi connectivity index (χ3v) is 10.1. The van der Waals surface area contributed by atoms with Crippen molar-refractivity contribution < 1.29 is 27.3 Å². The first-order chi connectivity index (χ1) is 21.4. The van der Waals surface area contributed by atoms with Crippen molar-refractivity contribution in [1.29, 1.82) is 0 Å². The molecule has 1 saturated heterocycles. The van der Waals surface area contributed by atoms with Gasteiger partial charge >= 0.3 is 12.3 Å². The summed E-state index contributed by atoms with van der Waals surface area (Å²) >= 11 is 6.33. The molecule has 1 aromatic heterocycles. The Morgan fingerprint density at radius 1 is 1.07 bits per heavy atom. The zero-order chi connectivity index (χ0) is 33.5. The molecule has 1 aliphatic carbocycles. The maximum Gasteiger partial charge on any atom is 0.418 e. The lowest BCUT2D eigenvalue weighted by Gasteiger charge is -2.52. The van der Waals surface area contributed by atoms with Crippen LogP contribution in [-0.2, 0) is 15.5 Å². The van der Waals surface area contributed by atoms with Crippen LogP contribution in [0.4, 0.5) is 46.8 Å². The van der Waals surface area contributed by atoms with Gasteiger partial charge in [0.25, 0.3) is 0 Å². The number of nitrogens with one attached hydrogen (secondary N) is 3. The van der Waals surface area contributed by atoms with Crippen LogP contribution in [0.2, 0.25) is 5.02 Å². The third kappa shape index (κ3) is 8.07. The van der Waals surface area contributed by atoms with Crippen LogP contribution in [0.25, 0.3) is 0 Å². The van der Waals surface area contributed by atoms with E-state index in [0.29, 0.717) is 24.1 Å². The largest absolute Gasteiger partial charge is 0.444 e. The van der Waals surface area contributed by atoms with E-state index in [1.807, 2.05) is 20.8 Å². The Bertz CT molecular complexity index is 1640. The van der Waals surface area contributed by atoms with Crippen molar-refractivity contribution in [1.82, 2.24) is 15.3 Å². The minimum atomic E-state index is -4.59. The van der Waals surface area contributed by atoms with Gasteiger partial charge in [-0.05, 0) is 95.5 Å². The smallest absolute Gasteiger partial charge is 0.418 e. The second-order valence-corrected chi connectivity index (χ2v) is 17.1. The first-order valence-corrected chi connectivity index (χ1v) is 18.1. The molecule has 46 heavy (non-hydrogen) atoms. The van der Waals surface area contributed by atoms with Crippen LogP contribution in [0, 0.1) is 5.41 Å². The van der Waals surface area contributed by atoms with Crippen molar-refractivity contribution in [2.45, 2.75) is 64.3 Å². The molecule has 14 heteroatoms. The molecule has 1 spiro atoms. The predicted molar refractivity (Wildman–Crippen MR) is 177 cm³/mol. The van der Waals surface area contributed by atoms with Crippen molar-refractivity contribution >= 4 is 59.0 Å². The number of ether oxygens (including phenoxy) is 1. The predicted octanol–water partition coefficient (Wildman–Crippen LogP) is 8.16. The van der Waals surface area contributed by atoms with Gasteiger partial charge in [0.1, 0.15) is 17.8 Å². The van der Waals surface area contributed by atoms with Gasteiger partial charge in [0, 0.05) is 35.8 Å². The zero-order valence-electron chi connectivity index (χ0n) is 26.5. The van der Waals surface area contributed by atoms with Gasteiger partial charge in [0.15, 0.2) is 5.82 Å². The molecule has 2 heterocycles. The van der Waals surface area contributed by atoms with Crippen molar-refractivity contribution in [2.24, 2.45) is 5.41 Å². The number of hydrogen-bond donors (Lipinski definition) is 3. The van der Waals surface area contributed by atoms with Crippen molar-refractivity contribution in [3.63, 3.8) is 0 Å². The molecule has 1 saturated carbocycles. The van der Waals surface area contributed by atoms with E-state index in [4.69, 9.17) is 16.3 Å². The molecule has 0 radical (unpaired) electrons. The number of para-hydroxylation sites is 1. The van der Waals surface area contributed by atoms with E-state index in [-0.39, 0.29) is 39.6 Å². The number of aromatic nitrogens is 2. The maximum absolute atomic E-state index is 14.3. The van der Waals surface area contributed by atoms with Gasteiger partial charge in [-0.15, -0.1) is 0 Å². The average Bonchev–Trinajstić information content (AvgIpc) is 2.93. The highest BCUT2D eigenvalue weighted by Crippen LogP contribution is 2.50. The van der Waals surface area contributed by atoms with Crippen molar-refractivity contribution in [3.8, 4) is 0 Å². The number of rotatable bonds is 7. The molecule has 2 aliphatic rings. The van der Waals surface area contributed by atoms with Crippen LogP contribution < -0.4 is 26.2 Å². The first-order valence-electron chi connectivity index (χ1n) is 15.1. The van der Waals surface area contributed by atoms with Crippen LogP contribution in [0.5, 0.6) is 0 Å². The molecule has 3 N–H and O–H groups in total. The number of amides is 1. The Morgan fingerprint density at radius 2 is 1.74 bits per heavy atom. The highest BCUT2D eigenvalue weighted by molar-refractivity contribution is 7.70. The summed E-state index contributed by atoms with van der Waals surface area (Å²) in [5, 5.41) is 9.67. The zero-order valence-corrected chi connectivity index (χ0v) is 28.1. The fraction of sp³-hybridized carbons (Fsp3) is 0.469. The van der Waals surface area contributed by atoms with Gasteiger partial charge < -0.3 is 30.2 Å². The molecular weight excluding hydrogens is 640 g/mol. The summed E-state index contributed by atoms with van der Waals surface area (Å²) in [7, 11) is -2.63. The summed E-state index contributed by atoms with van der Waals surface area (Å²) < 4.78 is 61.2. The fourth-order valence-electron chi connectivity index (χ4n) is 6.13. The number of alkyl halides is 3. The van der Waals surface area contributed by atoms with E-state index in [2.05, 4.69) is 25.9 Å². The first kappa shape index (κ1) is 33.9. The molecule has 3 aromatic rings. The molecule has 5 rings (SSSR count). The Morgan fingerprint density at radius 3 is 2.37 bits per heavy atom. The lowest BCUT2D eigenvalue weighted by atomic mass is 9.60. The molecule has 0 bridgehead atoms. The fourth-order valence-corrected chi connectivity index (χ4v) is 7.42. The Hall–Kier alpha value is -3.50. The van der Waals surface area contributed by atoms with Crippen LogP contribution in [-0.4, -0.2) is 54.1 Å². The van der Waals surface area contributed by atoms with Gasteiger partial charge in [-0.1, -0.05) is 23.7 Å². The molecular formula is C32H39ClF3N6O3P. The second kappa shape index (κ2) is 12.6. The standard InChI is InChI=1S/C32H39ClF3N6O3P/c1-30(2,3)45-29(43)39-21-17-31(18-21)12-14-42(15-13-31)25-11-10-20(16-22(25)32(34,35)36)38-28-37-19-23(33)27(41-28)40-24-8-6-7-9-26(24)46(4,5)44/h6-11,16,19,21H,12-15,17-18H2,1-5H3,(H,39,43)(H2,37,38,40,41). The van der Waals surface area contributed by atoms with Gasteiger partial charge in [-0.2, -0.15) is 18.2 Å². The lowest BCUT2D eigenvalue weighted by molar-refractivity contribution is -0.137. The van der Waals surface area contributed by atoms with E-state index in [1.54, 1.807) is 48.6 Å². The summed E-state index contributed by atoms with van der Waals surface area (Å²) in [6.07, 6.45) is -0.647. The molecule has 1 amide bonds. The number of carbonyl (C=O) groups is 1. The Labute approximate surface area is 272 Å². The molecule has 0 atom stereocenters. The van der Waals surface area contributed by atoms with Crippen LogP contribution in [0.15, 0.2) is 48.7 Å². The van der Waals surface area contributed by atoms with E-state index >= 15 is 0 Å². The topological polar surface area (TPSA) is 108 Å². The minimum absolute atomic E-state index is 0.0121. The highest BCUT2D eigenvalue weighted by Gasteiger charge is 2.47. The van der Waals surface area contributed by atoms with Crippen molar-refractivity contribution in [3.05, 3.63) is 59.2 Å². The monoisotopic (exact) mass is 678 g/mol. The van der Waals surface area contributed by atoms with Gasteiger partial charge in [0.2, 0.25) is 5.95 Å². The number of nitrogens with zero attached hydrogens (tertiary/aromatic N) is 3. The SMILES string of the molecule is CC(C)(C)OC(=O)NC1CC2(CCN(c3ccc(Nc4ncc(Cl)c(Nc5ccccc5P(C)(C)=O)n4)cc3C(F)(F)F)CC2)C1. The quantitative estimate of drug-likeness (QED) is 0.215. The molecule has 9 nitrogen and oxygen atoms in total. The summed E-state index contributed by atoms with van der Waals surface area (Å²) in [6, 6.07) is 11.2. The molecule has 2 fully saturated rings. The second-order valence-electron chi connectivity index (χ2n) is 13.5. The lowest BCUT2D eigenvalue weighted by Crippen LogP contribution is -2.55. The van der Waals surface area contributed by atoms with Crippen LogP contribution >= 0.6 is 18.7 Å². The van der Waals surface area contributed by atoms with E-state index in [9.17, 15) is 22.5 Å². The number of carbonyl (C=O) groups excluding carboxylic acids is 1. The Balaban J connectivity index is 1.27. The van der Waals surface area contributed by atoms with E-state index in [1.165, 1.54) is 12.3 Å². The normalized spacial score (nSPS) is 16.9. The summed E-state index contributed by atoms with van der Waals surface area (Å²) in [5.41, 5.74) is -0.473. The number of halogens is 4. The number of piperidine rings is 1. The molecule has 0 unspecified atom stereocenters. The average molecular weight is 679 g/mol. The highest BCUT2D eigenvalue weighted by atomic mass is 35.5. The van der Waals surface area contributed by atoms with Crippen LogP contribution in [0.3, 0.4) is 0 Å². The van der Waals surface area contributed by atoms with Gasteiger partial charge in [0.05, 0.1) is 17.4 Å². The number of benzene rings is 2. The minimum Gasteiger partial charge on any atom is -0.444 e. The number of anilines is 5. The van der Waals surface area contributed by atoms with Crippen LogP contribution in [0.1, 0.15) is 52.0 Å². The molecule has 2 aromatic carbocycles. The van der Waals surface area contributed by atoms with E-state index in [0.717, 1.165) is 31.7 Å². The number of alkyl carbamates (subject to hydrolysis) is 1. The maximum atomic E-state index is 14.3. The third-order valence-electron chi connectivity index (χ3n) is 8.28. The molecule has 248 valence electrons. The Kier molecular flexibility index (Phi) is 9.27. The van der Waals surface area contributed by atoms with Gasteiger partial charge in [-0.3, -0.25) is 0 Å². The summed E-state index contributed by atoms with van der Waals surface area (Å²) in [4.78, 5) is 22.4. The van der Waals surface area contributed by atoms with Gasteiger partial charge in [-0.25, -0.2) is 9.78 Å². The van der Waals surface area contributed by atoms with E-state index < -0.39 is 30.6 Å². The number of hydrogen-bond acceptors (Lipinski definition) is 8. The summed E-state index contributed by atoms with van der Waals surface area (Å²) in [6.45, 7) is 9.69. The molecule has 1 aliphatic heterocycles. The van der Waals surface area contributed by atoms with Crippen molar-refractivity contribution in [2.75, 3.05) is 42.0 Å².